The van der Waals surface area contributed by atoms with Gasteiger partial charge in [-0.15, -0.1) is 0 Å². The zero-order chi connectivity index (χ0) is 18.7. The number of phenolic OH excluding ortho intramolecular Hbond substituents is 1. The molecule has 3 rings (SSSR count). The molecule has 134 valence electrons. The van der Waals surface area contributed by atoms with Gasteiger partial charge in [0.05, 0.1) is 18.1 Å². The van der Waals surface area contributed by atoms with Crippen molar-refractivity contribution < 1.29 is 24.2 Å². The van der Waals surface area contributed by atoms with Crippen LogP contribution in [0.3, 0.4) is 0 Å². The van der Waals surface area contributed by atoms with Crippen molar-refractivity contribution >= 4 is 28.6 Å². The van der Waals surface area contributed by atoms with E-state index in [4.69, 9.17) is 9.47 Å². The van der Waals surface area contributed by atoms with E-state index in [1.54, 1.807) is 18.2 Å². The van der Waals surface area contributed by atoms with E-state index >= 15 is 0 Å². The Morgan fingerprint density at radius 2 is 1.92 bits per heavy atom. The Labute approximate surface area is 146 Å². The summed E-state index contributed by atoms with van der Waals surface area (Å²) in [7, 11) is 1.35. The Morgan fingerprint density at radius 1 is 1.15 bits per heavy atom. The Kier molecular flexibility index (Phi) is 4.61. The molecule has 0 aliphatic carbocycles. The highest BCUT2D eigenvalue weighted by Crippen LogP contribution is 2.29. The highest BCUT2D eigenvalue weighted by molar-refractivity contribution is 5.97. The first kappa shape index (κ1) is 17.1. The smallest absolute Gasteiger partial charge is 0.342 e. The van der Waals surface area contributed by atoms with E-state index in [1.807, 2.05) is 0 Å². The number of aromatic amines is 2. The molecule has 0 radical (unpaired) electrons. The number of nitrogens with one attached hydrogen (secondary N) is 3. The Hall–Kier alpha value is -3.75. The summed E-state index contributed by atoms with van der Waals surface area (Å²) in [5, 5.41) is 12.5. The number of esters is 1. The number of imidazole rings is 1. The molecule has 2 aromatic carbocycles. The van der Waals surface area contributed by atoms with Crippen molar-refractivity contribution in [1.29, 1.82) is 0 Å². The molecule has 0 atom stereocenters. The van der Waals surface area contributed by atoms with Gasteiger partial charge in [-0.3, -0.25) is 4.79 Å². The quantitative estimate of drug-likeness (QED) is 0.510. The van der Waals surface area contributed by atoms with Crippen LogP contribution in [0, 0.1) is 0 Å². The van der Waals surface area contributed by atoms with Crippen LogP contribution < -0.4 is 15.7 Å². The summed E-state index contributed by atoms with van der Waals surface area (Å²) >= 11 is 0. The minimum absolute atomic E-state index is 0.108. The number of benzene rings is 2. The second-order valence-electron chi connectivity index (χ2n) is 5.32. The van der Waals surface area contributed by atoms with Crippen LogP contribution in [-0.2, 0) is 9.53 Å². The average Bonchev–Trinajstić information content (AvgIpc) is 2.99. The zero-order valence-electron chi connectivity index (χ0n) is 13.7. The van der Waals surface area contributed by atoms with Gasteiger partial charge in [0.25, 0.3) is 5.91 Å². The molecule has 4 N–H and O–H groups in total. The molecule has 26 heavy (non-hydrogen) atoms. The molecular weight excluding hydrogens is 342 g/mol. The number of rotatable bonds is 5. The number of aromatic nitrogens is 2. The van der Waals surface area contributed by atoms with Gasteiger partial charge < -0.3 is 29.9 Å². The SMILES string of the molecule is COc1cccc(C(=O)OCC(=O)Nc2ccc3[nH]c(=O)[nH]c3c2)c1O. The molecule has 0 spiro atoms. The van der Waals surface area contributed by atoms with Crippen molar-refractivity contribution in [2.75, 3.05) is 19.0 Å². The number of hydrogen-bond acceptors (Lipinski definition) is 6. The van der Waals surface area contributed by atoms with E-state index in [0.717, 1.165) is 0 Å². The molecule has 3 aromatic rings. The summed E-state index contributed by atoms with van der Waals surface area (Å²) in [5.41, 5.74) is 1.11. The third kappa shape index (κ3) is 3.51. The maximum Gasteiger partial charge on any atom is 0.342 e. The number of methoxy groups -OCH3 is 1. The lowest BCUT2D eigenvalue weighted by Crippen LogP contribution is -2.21. The summed E-state index contributed by atoms with van der Waals surface area (Å²) in [6, 6.07) is 9.15. The third-order valence-corrected chi connectivity index (χ3v) is 3.57. The van der Waals surface area contributed by atoms with Gasteiger partial charge in [0, 0.05) is 5.69 Å². The van der Waals surface area contributed by atoms with E-state index in [9.17, 15) is 19.5 Å². The van der Waals surface area contributed by atoms with E-state index in [0.29, 0.717) is 16.7 Å². The summed E-state index contributed by atoms with van der Waals surface area (Å²) < 4.78 is 9.82. The predicted molar refractivity (Wildman–Crippen MR) is 92.5 cm³/mol. The second-order valence-corrected chi connectivity index (χ2v) is 5.32. The lowest BCUT2D eigenvalue weighted by molar-refractivity contribution is -0.119. The lowest BCUT2D eigenvalue weighted by atomic mass is 10.2. The fourth-order valence-corrected chi connectivity index (χ4v) is 2.37. The topological polar surface area (TPSA) is 134 Å². The minimum atomic E-state index is -0.859. The number of aromatic hydroxyl groups is 1. The molecule has 1 aromatic heterocycles. The first-order valence-corrected chi connectivity index (χ1v) is 7.53. The third-order valence-electron chi connectivity index (χ3n) is 3.57. The van der Waals surface area contributed by atoms with Crippen LogP contribution >= 0.6 is 0 Å². The fourth-order valence-electron chi connectivity index (χ4n) is 2.37. The molecule has 0 unspecified atom stereocenters. The minimum Gasteiger partial charge on any atom is -0.504 e. The molecule has 0 aliphatic rings. The van der Waals surface area contributed by atoms with Gasteiger partial charge in [-0.2, -0.15) is 0 Å². The van der Waals surface area contributed by atoms with Crippen molar-refractivity contribution in [2.45, 2.75) is 0 Å². The van der Waals surface area contributed by atoms with Gasteiger partial charge in [0.1, 0.15) is 5.56 Å². The van der Waals surface area contributed by atoms with Crippen molar-refractivity contribution in [1.82, 2.24) is 9.97 Å². The molecule has 0 saturated heterocycles. The van der Waals surface area contributed by atoms with Crippen molar-refractivity contribution in [3.05, 3.63) is 52.4 Å². The molecular formula is C17H15N3O6. The van der Waals surface area contributed by atoms with Gasteiger partial charge in [-0.05, 0) is 30.3 Å². The van der Waals surface area contributed by atoms with Crippen molar-refractivity contribution in [3.8, 4) is 11.5 Å². The zero-order valence-corrected chi connectivity index (χ0v) is 13.7. The van der Waals surface area contributed by atoms with Crippen LogP contribution in [0.1, 0.15) is 10.4 Å². The number of carbonyl (C=O) groups excluding carboxylic acids is 2. The van der Waals surface area contributed by atoms with Gasteiger partial charge in [-0.1, -0.05) is 6.07 Å². The maximum atomic E-state index is 12.0. The van der Waals surface area contributed by atoms with Crippen molar-refractivity contribution in [2.24, 2.45) is 0 Å². The summed E-state index contributed by atoms with van der Waals surface area (Å²) in [4.78, 5) is 40.3. The molecule has 0 saturated carbocycles. The van der Waals surface area contributed by atoms with Crippen molar-refractivity contribution in [3.63, 3.8) is 0 Å². The van der Waals surface area contributed by atoms with E-state index in [-0.39, 0.29) is 22.8 Å². The Balaban J connectivity index is 1.63. The summed E-state index contributed by atoms with van der Waals surface area (Å²) in [5.74, 6) is -1.67. The Bertz CT molecular complexity index is 1040. The van der Waals surface area contributed by atoms with Crippen LogP contribution in [0.25, 0.3) is 11.0 Å². The number of phenols is 1. The van der Waals surface area contributed by atoms with Gasteiger partial charge in [0.2, 0.25) is 0 Å². The van der Waals surface area contributed by atoms with Crippen LogP contribution in [-0.4, -0.2) is 40.7 Å². The first-order valence-electron chi connectivity index (χ1n) is 7.53. The molecule has 0 aliphatic heterocycles. The number of amides is 1. The van der Waals surface area contributed by atoms with Crippen LogP contribution in [0.2, 0.25) is 0 Å². The summed E-state index contributed by atoms with van der Waals surface area (Å²) in [6.45, 7) is -0.544. The second kappa shape index (κ2) is 7.01. The fraction of sp³-hybridized carbons (Fsp3) is 0.118. The number of fused-ring (bicyclic) bond motifs is 1. The number of H-pyrrole nitrogens is 2. The predicted octanol–water partition coefficient (Wildman–Crippen LogP) is 1.37. The number of hydrogen-bond donors (Lipinski definition) is 4. The van der Waals surface area contributed by atoms with Crippen LogP contribution in [0.5, 0.6) is 11.5 Å². The first-order chi connectivity index (χ1) is 12.5. The number of para-hydroxylation sites is 1. The average molecular weight is 357 g/mol. The number of carbonyl (C=O) groups is 2. The molecule has 1 amide bonds. The highest BCUT2D eigenvalue weighted by Gasteiger charge is 2.17. The van der Waals surface area contributed by atoms with Crippen LogP contribution in [0.15, 0.2) is 41.2 Å². The largest absolute Gasteiger partial charge is 0.504 e. The standard InChI is InChI=1S/C17H15N3O6/c1-25-13-4-2-3-10(15(13)22)16(23)26-8-14(21)18-9-5-6-11-12(7-9)20-17(24)19-11/h2-7,22H,8H2,1H3,(H,18,21)(H2,19,20,24). The highest BCUT2D eigenvalue weighted by atomic mass is 16.5. The summed E-state index contributed by atoms with van der Waals surface area (Å²) in [6.07, 6.45) is 0. The van der Waals surface area contributed by atoms with Gasteiger partial charge >= 0.3 is 11.7 Å². The van der Waals surface area contributed by atoms with E-state index < -0.39 is 18.5 Å². The molecule has 9 heteroatoms. The monoisotopic (exact) mass is 357 g/mol. The van der Waals surface area contributed by atoms with E-state index in [2.05, 4.69) is 15.3 Å². The van der Waals surface area contributed by atoms with E-state index in [1.165, 1.54) is 25.3 Å². The molecule has 1 heterocycles. The molecule has 0 bridgehead atoms. The maximum absolute atomic E-state index is 12.0. The lowest BCUT2D eigenvalue weighted by Gasteiger charge is -2.09. The molecule has 0 fully saturated rings. The number of ether oxygens (including phenoxy) is 2. The number of anilines is 1. The molecule has 9 nitrogen and oxygen atoms in total. The Morgan fingerprint density at radius 3 is 2.69 bits per heavy atom. The normalized spacial score (nSPS) is 10.5. The van der Waals surface area contributed by atoms with Crippen LogP contribution in [0.4, 0.5) is 5.69 Å². The van der Waals surface area contributed by atoms with Gasteiger partial charge in [-0.25, -0.2) is 9.59 Å². The van der Waals surface area contributed by atoms with Gasteiger partial charge in [0.15, 0.2) is 18.1 Å².